The van der Waals surface area contributed by atoms with Gasteiger partial charge in [-0.3, -0.25) is 0 Å². The third-order valence-corrected chi connectivity index (χ3v) is 2.46. The zero-order chi connectivity index (χ0) is 8.59. The number of nitrogens with two attached hydrogens (primary N) is 1. The Morgan fingerprint density at radius 1 is 1.36 bits per heavy atom. The van der Waals surface area contributed by atoms with Crippen LogP contribution in [-0.4, -0.2) is 4.98 Å². The van der Waals surface area contributed by atoms with Gasteiger partial charge in [-0.15, -0.1) is 9.24 Å². The zero-order valence-electron chi connectivity index (χ0n) is 6.48. The molecule has 1 rings (SSSR count). The van der Waals surface area contributed by atoms with Crippen molar-refractivity contribution in [2.24, 2.45) is 0 Å². The first-order valence-corrected chi connectivity index (χ1v) is 3.79. The predicted octanol–water partition coefficient (Wildman–Crippen LogP) is 0.920. The summed E-state index contributed by atoms with van der Waals surface area (Å²) in [4.78, 5) is 3.52. The highest BCUT2D eigenvalue weighted by Crippen LogP contribution is 2.13. The molecular formula is C7H10FN2P. The number of rotatable bonds is 0. The van der Waals surface area contributed by atoms with Gasteiger partial charge in [0.15, 0.2) is 0 Å². The van der Waals surface area contributed by atoms with Gasteiger partial charge in [0.2, 0.25) is 5.95 Å². The lowest BCUT2D eigenvalue weighted by Gasteiger charge is -2.06. The van der Waals surface area contributed by atoms with Crippen molar-refractivity contribution in [1.29, 1.82) is 0 Å². The maximum atomic E-state index is 12.8. The molecule has 0 spiro atoms. The highest BCUT2D eigenvalue weighted by molar-refractivity contribution is 7.27. The second kappa shape index (κ2) is 2.74. The largest absolute Gasteiger partial charge is 0.383 e. The Morgan fingerprint density at radius 2 is 1.91 bits per heavy atom. The third kappa shape index (κ3) is 1.33. The number of aromatic nitrogens is 1. The van der Waals surface area contributed by atoms with Crippen molar-refractivity contribution in [3.05, 3.63) is 17.1 Å². The molecule has 0 aliphatic heterocycles. The molecular weight excluding hydrogens is 162 g/mol. The average molecular weight is 172 g/mol. The van der Waals surface area contributed by atoms with Gasteiger partial charge in [0, 0.05) is 5.30 Å². The number of hydrogen-bond donors (Lipinski definition) is 1. The molecule has 11 heavy (non-hydrogen) atoms. The van der Waals surface area contributed by atoms with E-state index in [9.17, 15) is 4.39 Å². The van der Waals surface area contributed by atoms with Crippen LogP contribution in [0.1, 0.15) is 11.1 Å². The van der Waals surface area contributed by atoms with Crippen LogP contribution >= 0.6 is 9.24 Å². The van der Waals surface area contributed by atoms with Crippen LogP contribution in [-0.2, 0) is 0 Å². The molecule has 2 N–H and O–H groups in total. The molecule has 1 unspecified atom stereocenters. The summed E-state index contributed by atoms with van der Waals surface area (Å²) in [5.41, 5.74) is 7.12. The molecule has 0 aliphatic carbocycles. The van der Waals surface area contributed by atoms with E-state index >= 15 is 0 Å². The second-order valence-corrected chi connectivity index (χ2v) is 3.03. The van der Waals surface area contributed by atoms with Crippen molar-refractivity contribution >= 4 is 20.4 Å². The molecule has 60 valence electrons. The molecule has 2 nitrogen and oxygen atoms in total. The van der Waals surface area contributed by atoms with Gasteiger partial charge in [0.25, 0.3) is 0 Å². The Morgan fingerprint density at radius 3 is 2.45 bits per heavy atom. The van der Waals surface area contributed by atoms with Crippen LogP contribution in [0, 0.1) is 19.8 Å². The molecule has 0 amide bonds. The molecule has 0 bridgehead atoms. The van der Waals surface area contributed by atoms with Crippen molar-refractivity contribution in [2.75, 3.05) is 5.73 Å². The zero-order valence-corrected chi connectivity index (χ0v) is 7.63. The lowest BCUT2D eigenvalue weighted by atomic mass is 10.2. The topological polar surface area (TPSA) is 38.9 Å². The third-order valence-electron chi connectivity index (χ3n) is 1.79. The van der Waals surface area contributed by atoms with E-state index in [1.807, 2.05) is 13.8 Å². The van der Waals surface area contributed by atoms with Crippen LogP contribution < -0.4 is 11.0 Å². The van der Waals surface area contributed by atoms with Crippen molar-refractivity contribution in [1.82, 2.24) is 4.98 Å². The van der Waals surface area contributed by atoms with Crippen molar-refractivity contribution in [3.8, 4) is 0 Å². The summed E-state index contributed by atoms with van der Waals surface area (Å²) in [6, 6.07) is 0. The predicted molar refractivity (Wildman–Crippen MR) is 47.4 cm³/mol. The van der Waals surface area contributed by atoms with E-state index in [-0.39, 0.29) is 5.82 Å². The first-order valence-electron chi connectivity index (χ1n) is 3.21. The highest BCUT2D eigenvalue weighted by Gasteiger charge is 2.07. The van der Waals surface area contributed by atoms with Gasteiger partial charge in [-0.25, -0.2) is 4.98 Å². The Labute approximate surface area is 67.2 Å². The van der Waals surface area contributed by atoms with E-state index in [1.54, 1.807) is 0 Å². The Bertz CT molecular complexity index is 273. The first kappa shape index (κ1) is 8.41. The lowest BCUT2D eigenvalue weighted by molar-refractivity contribution is 0.593. The maximum Gasteiger partial charge on any atom is 0.222 e. The fourth-order valence-corrected chi connectivity index (χ4v) is 1.08. The van der Waals surface area contributed by atoms with Crippen LogP contribution in [0.5, 0.6) is 0 Å². The molecule has 0 saturated carbocycles. The monoisotopic (exact) mass is 172 g/mol. The van der Waals surface area contributed by atoms with Gasteiger partial charge < -0.3 is 5.73 Å². The second-order valence-electron chi connectivity index (χ2n) is 2.45. The first-order chi connectivity index (χ1) is 5.04. The van der Waals surface area contributed by atoms with Crippen LogP contribution in [0.25, 0.3) is 0 Å². The van der Waals surface area contributed by atoms with E-state index in [0.717, 1.165) is 11.1 Å². The van der Waals surface area contributed by atoms with Gasteiger partial charge in [0.1, 0.15) is 5.82 Å². The molecule has 1 aromatic heterocycles. The van der Waals surface area contributed by atoms with Gasteiger partial charge in [-0.05, 0) is 25.0 Å². The smallest absolute Gasteiger partial charge is 0.222 e. The maximum absolute atomic E-state index is 12.8. The number of pyridine rings is 1. The summed E-state index contributed by atoms with van der Waals surface area (Å²) in [6.07, 6.45) is 0. The van der Waals surface area contributed by atoms with E-state index < -0.39 is 5.95 Å². The van der Waals surface area contributed by atoms with Crippen molar-refractivity contribution in [3.63, 3.8) is 0 Å². The van der Waals surface area contributed by atoms with Crippen LogP contribution in [0.3, 0.4) is 0 Å². The average Bonchev–Trinajstić information content (AvgIpc) is 1.97. The molecule has 0 saturated heterocycles. The van der Waals surface area contributed by atoms with E-state index in [4.69, 9.17) is 5.73 Å². The van der Waals surface area contributed by atoms with Gasteiger partial charge in [-0.1, -0.05) is 0 Å². The van der Waals surface area contributed by atoms with Crippen molar-refractivity contribution in [2.45, 2.75) is 13.8 Å². The quantitative estimate of drug-likeness (QED) is 0.467. The molecule has 1 heterocycles. The minimum Gasteiger partial charge on any atom is -0.383 e. The van der Waals surface area contributed by atoms with Gasteiger partial charge in [-0.2, -0.15) is 4.39 Å². The van der Waals surface area contributed by atoms with Crippen LogP contribution in [0.2, 0.25) is 0 Å². The lowest BCUT2D eigenvalue weighted by Crippen LogP contribution is -2.11. The van der Waals surface area contributed by atoms with Gasteiger partial charge >= 0.3 is 0 Å². The summed E-state index contributed by atoms with van der Waals surface area (Å²) in [5.74, 6) is -0.234. The molecule has 0 fully saturated rings. The summed E-state index contributed by atoms with van der Waals surface area (Å²) < 4.78 is 12.8. The number of halogens is 1. The number of nitrogens with zero attached hydrogens (tertiary/aromatic N) is 1. The number of nitrogen functional groups attached to an aromatic ring is 1. The Balaban J connectivity index is 3.46. The molecule has 4 heteroatoms. The van der Waals surface area contributed by atoms with Crippen LogP contribution in [0.4, 0.5) is 10.2 Å². The fraction of sp³-hybridized carbons (Fsp3) is 0.286. The van der Waals surface area contributed by atoms with Crippen molar-refractivity contribution < 1.29 is 4.39 Å². The summed E-state index contributed by atoms with van der Waals surface area (Å²) in [5, 5.41) is 0.497. The van der Waals surface area contributed by atoms with E-state index in [2.05, 4.69) is 14.2 Å². The normalized spacial score (nSPS) is 10.2. The Hall–Kier alpha value is -0.690. The number of hydrogen-bond acceptors (Lipinski definition) is 2. The van der Waals surface area contributed by atoms with Gasteiger partial charge in [0.05, 0.1) is 0 Å². The summed E-state index contributed by atoms with van der Waals surface area (Å²) >= 11 is 0. The number of anilines is 1. The van der Waals surface area contributed by atoms with E-state index in [0.29, 0.717) is 5.30 Å². The van der Waals surface area contributed by atoms with Crippen LogP contribution in [0.15, 0.2) is 0 Å². The van der Waals surface area contributed by atoms with E-state index in [1.165, 1.54) is 0 Å². The SMILES string of the molecule is Cc1c(N)nc(F)c(P)c1C. The molecule has 1 aromatic rings. The molecule has 1 atom stereocenters. The highest BCUT2D eigenvalue weighted by atomic mass is 31.0. The fourth-order valence-electron chi connectivity index (χ4n) is 0.799. The summed E-state index contributed by atoms with van der Waals surface area (Å²) in [6.45, 7) is 3.64. The molecule has 0 aromatic carbocycles. The minimum atomic E-state index is -0.504. The molecule has 0 radical (unpaired) electrons. The summed E-state index contributed by atoms with van der Waals surface area (Å²) in [7, 11) is 2.31. The minimum absolute atomic E-state index is 0.270. The Kier molecular flexibility index (Phi) is 2.10. The standard InChI is InChI=1S/C7H10FN2P/c1-3-4(2)7(9)10-6(8)5(3)11/h11H2,1-2H3,(H2,9,10). The molecule has 0 aliphatic rings.